The maximum atomic E-state index is 13.0. The molecule has 0 N–H and O–H groups in total. The van der Waals surface area contributed by atoms with Gasteiger partial charge in [0.1, 0.15) is 24.5 Å². The topological polar surface area (TPSA) is 78.4 Å². The van der Waals surface area contributed by atoms with E-state index < -0.39 is 24.3 Å². The smallest absolute Gasteiger partial charge is 0.416 e. The summed E-state index contributed by atoms with van der Waals surface area (Å²) in [4.78, 5) is 21.6. The van der Waals surface area contributed by atoms with Crippen LogP contribution in [-0.4, -0.2) is 29.1 Å². The fourth-order valence-electron chi connectivity index (χ4n) is 3.81. The number of aryl methyl sites for hydroxylation is 1. The number of ether oxygens (including phenoxy) is 1. The van der Waals surface area contributed by atoms with Crippen molar-refractivity contribution in [1.82, 2.24) is 9.97 Å². The van der Waals surface area contributed by atoms with Crippen molar-refractivity contribution in [2.45, 2.75) is 46.3 Å². The van der Waals surface area contributed by atoms with Crippen molar-refractivity contribution in [2.75, 3.05) is 18.1 Å². The Kier molecular flexibility index (Phi) is 8.32. The Morgan fingerprint density at radius 2 is 1.80 bits per heavy atom. The zero-order valence-corrected chi connectivity index (χ0v) is 19.9. The lowest BCUT2D eigenvalue weighted by Gasteiger charge is -2.26. The molecular weight excluding hydrogens is 459 g/mol. The van der Waals surface area contributed by atoms with Crippen LogP contribution in [0.4, 0.5) is 19.0 Å². The summed E-state index contributed by atoms with van der Waals surface area (Å²) in [6.07, 6.45) is -1.08. The van der Waals surface area contributed by atoms with Crippen molar-refractivity contribution in [3.05, 3.63) is 71.0 Å². The maximum Gasteiger partial charge on any atom is 0.416 e. The molecule has 3 rings (SSSR count). The molecule has 0 atom stereocenters. The number of benzene rings is 2. The Labute approximate surface area is 202 Å². The molecule has 0 amide bonds. The number of hydrogen-bond acceptors (Lipinski definition) is 6. The Morgan fingerprint density at radius 1 is 1.09 bits per heavy atom. The molecule has 0 aliphatic carbocycles. The van der Waals surface area contributed by atoms with Crippen LogP contribution in [0.25, 0.3) is 11.3 Å². The number of hydrogen-bond donors (Lipinski definition) is 0. The highest BCUT2D eigenvalue weighted by molar-refractivity contribution is 5.68. The van der Waals surface area contributed by atoms with E-state index in [0.717, 1.165) is 48.2 Å². The molecule has 0 unspecified atom stereocenters. The van der Waals surface area contributed by atoms with E-state index >= 15 is 0 Å². The molecule has 9 heteroatoms. The van der Waals surface area contributed by atoms with Crippen LogP contribution in [0.3, 0.4) is 0 Å². The minimum Gasteiger partial charge on any atom is -0.546 e. The van der Waals surface area contributed by atoms with E-state index in [9.17, 15) is 23.1 Å². The first kappa shape index (κ1) is 26.0. The normalized spacial score (nSPS) is 11.4. The fourth-order valence-corrected chi connectivity index (χ4v) is 3.81. The van der Waals surface area contributed by atoms with Crippen LogP contribution in [0, 0.1) is 13.8 Å². The van der Waals surface area contributed by atoms with Gasteiger partial charge in [-0.3, -0.25) is 0 Å². The van der Waals surface area contributed by atoms with E-state index in [1.807, 2.05) is 26.0 Å². The van der Waals surface area contributed by atoms with Gasteiger partial charge < -0.3 is 19.5 Å². The van der Waals surface area contributed by atoms with Crippen LogP contribution in [0.5, 0.6) is 5.75 Å². The summed E-state index contributed by atoms with van der Waals surface area (Å²) in [5.74, 6) is -0.110. The highest BCUT2D eigenvalue weighted by Gasteiger charge is 2.30. The number of carboxylic acids is 1. The molecule has 0 fully saturated rings. The first-order chi connectivity index (χ1) is 16.6. The summed E-state index contributed by atoms with van der Waals surface area (Å²) < 4.78 is 44.1. The van der Waals surface area contributed by atoms with E-state index in [1.54, 1.807) is 6.07 Å². The van der Waals surface area contributed by atoms with Gasteiger partial charge >= 0.3 is 6.18 Å². The molecule has 1 heterocycles. The molecule has 3 aromatic rings. The van der Waals surface area contributed by atoms with Crippen LogP contribution >= 0.6 is 0 Å². The molecule has 0 saturated heterocycles. The highest BCUT2D eigenvalue weighted by atomic mass is 19.4. The molecule has 1 aromatic heterocycles. The number of rotatable bonds is 10. The zero-order valence-electron chi connectivity index (χ0n) is 19.9. The SMILES string of the molecule is CCCCN(Cc1ccc(OCC(=O)[O-])c(C)c1)c1ncnc(-c2ccc(C(F)(F)F)cc2)c1C. The lowest BCUT2D eigenvalue weighted by molar-refractivity contribution is -0.307. The molecule has 6 nitrogen and oxygen atoms in total. The predicted molar refractivity (Wildman–Crippen MR) is 125 cm³/mol. The minimum atomic E-state index is -4.40. The second-order valence-corrected chi connectivity index (χ2v) is 8.28. The summed E-state index contributed by atoms with van der Waals surface area (Å²) in [5, 5.41) is 10.7. The molecular formula is C26H27F3N3O3-. The summed E-state index contributed by atoms with van der Waals surface area (Å²) in [7, 11) is 0. The monoisotopic (exact) mass is 486 g/mol. The first-order valence-electron chi connectivity index (χ1n) is 11.3. The van der Waals surface area contributed by atoms with Crippen LogP contribution in [-0.2, 0) is 17.5 Å². The maximum absolute atomic E-state index is 13.0. The van der Waals surface area contributed by atoms with Gasteiger partial charge in [-0.1, -0.05) is 37.6 Å². The first-order valence-corrected chi connectivity index (χ1v) is 11.3. The average molecular weight is 487 g/mol. The number of unbranched alkanes of at least 4 members (excludes halogenated alkanes) is 1. The van der Waals surface area contributed by atoms with Crippen LogP contribution < -0.4 is 14.7 Å². The van der Waals surface area contributed by atoms with Gasteiger partial charge in [-0.05, 0) is 49.6 Å². The van der Waals surface area contributed by atoms with E-state index in [4.69, 9.17) is 4.74 Å². The fraction of sp³-hybridized carbons (Fsp3) is 0.346. The van der Waals surface area contributed by atoms with Crippen molar-refractivity contribution in [2.24, 2.45) is 0 Å². The Morgan fingerprint density at radius 3 is 2.40 bits per heavy atom. The highest BCUT2D eigenvalue weighted by Crippen LogP contribution is 2.33. The van der Waals surface area contributed by atoms with Gasteiger partial charge in [-0.25, -0.2) is 9.97 Å². The number of aliphatic carboxylic acids is 1. The number of carbonyl (C=O) groups excluding carboxylic acids is 1. The minimum absolute atomic E-state index is 0.473. The number of alkyl halides is 3. The number of carboxylic acid groups (broad SMARTS) is 1. The third kappa shape index (κ3) is 6.71. The van der Waals surface area contributed by atoms with Crippen molar-refractivity contribution in [3.8, 4) is 17.0 Å². The third-order valence-corrected chi connectivity index (χ3v) is 5.58. The summed E-state index contributed by atoms with van der Waals surface area (Å²) in [6.45, 7) is 6.53. The van der Waals surface area contributed by atoms with Gasteiger partial charge in [-0.15, -0.1) is 0 Å². The molecule has 186 valence electrons. The van der Waals surface area contributed by atoms with Crippen molar-refractivity contribution in [1.29, 1.82) is 0 Å². The quantitative estimate of drug-likeness (QED) is 0.413. The van der Waals surface area contributed by atoms with Crippen LogP contribution in [0.2, 0.25) is 0 Å². The summed E-state index contributed by atoms with van der Waals surface area (Å²) >= 11 is 0. The van der Waals surface area contributed by atoms with Crippen LogP contribution in [0.15, 0.2) is 48.8 Å². The molecule has 2 aromatic carbocycles. The zero-order chi connectivity index (χ0) is 25.6. The van der Waals surface area contributed by atoms with Gasteiger partial charge in [0.15, 0.2) is 0 Å². The van der Waals surface area contributed by atoms with Crippen molar-refractivity contribution in [3.63, 3.8) is 0 Å². The van der Waals surface area contributed by atoms with Gasteiger partial charge in [0.25, 0.3) is 0 Å². The second kappa shape index (κ2) is 11.2. The second-order valence-electron chi connectivity index (χ2n) is 8.28. The molecule has 0 bridgehead atoms. The molecule has 0 saturated carbocycles. The van der Waals surface area contributed by atoms with Gasteiger partial charge in [-0.2, -0.15) is 13.2 Å². The predicted octanol–water partition coefficient (Wildman–Crippen LogP) is 4.71. The van der Waals surface area contributed by atoms with Crippen LogP contribution in [0.1, 0.15) is 42.0 Å². The third-order valence-electron chi connectivity index (χ3n) is 5.58. The molecule has 0 aliphatic rings. The van der Waals surface area contributed by atoms with Crippen molar-refractivity contribution >= 4 is 11.8 Å². The number of nitrogens with zero attached hydrogens (tertiary/aromatic N) is 3. The van der Waals surface area contributed by atoms with E-state index in [0.29, 0.717) is 29.4 Å². The lowest BCUT2D eigenvalue weighted by atomic mass is 10.0. The Hall–Kier alpha value is -3.62. The van der Waals surface area contributed by atoms with E-state index in [2.05, 4.69) is 21.8 Å². The van der Waals surface area contributed by atoms with Gasteiger partial charge in [0.2, 0.25) is 0 Å². The lowest BCUT2D eigenvalue weighted by Crippen LogP contribution is -2.29. The average Bonchev–Trinajstić information content (AvgIpc) is 2.81. The number of carbonyl (C=O) groups is 1. The number of anilines is 1. The number of halogens is 3. The molecule has 35 heavy (non-hydrogen) atoms. The standard InChI is InChI=1S/C26H28F3N3O3/c1-4-5-12-32(14-19-6-11-22(17(2)13-19)35-15-23(33)34)25-18(3)24(30-16-31-25)20-7-9-21(10-8-20)26(27,28)29/h6-11,13,16H,4-5,12,14-15H2,1-3H3,(H,33,34)/p-1. The molecule has 0 radical (unpaired) electrons. The largest absolute Gasteiger partial charge is 0.546 e. The molecule has 0 aliphatic heterocycles. The van der Waals surface area contributed by atoms with E-state index in [-0.39, 0.29) is 0 Å². The molecule has 0 spiro atoms. The van der Waals surface area contributed by atoms with E-state index in [1.165, 1.54) is 18.5 Å². The Bertz CT molecular complexity index is 1160. The van der Waals surface area contributed by atoms with Crippen molar-refractivity contribution < 1.29 is 27.8 Å². The number of aromatic nitrogens is 2. The van der Waals surface area contributed by atoms with Gasteiger partial charge in [0.05, 0.1) is 17.2 Å². The van der Waals surface area contributed by atoms with Gasteiger partial charge in [0, 0.05) is 24.2 Å². The summed E-state index contributed by atoms with van der Waals surface area (Å²) in [6, 6.07) is 10.5. The summed E-state index contributed by atoms with van der Waals surface area (Å²) in [5.41, 5.74) is 3.00. The Balaban J connectivity index is 1.89.